The van der Waals surface area contributed by atoms with Crippen LogP contribution in [0.1, 0.15) is 28.3 Å². The molecule has 0 N–H and O–H groups in total. The second kappa shape index (κ2) is 7.83. The van der Waals surface area contributed by atoms with Crippen LogP contribution in [0.5, 0.6) is 0 Å². The molecule has 0 spiro atoms. The number of halogens is 2. The molecule has 0 saturated heterocycles. The first-order valence-electron chi connectivity index (χ1n) is 9.76. The lowest BCUT2D eigenvalue weighted by atomic mass is 10.1. The minimum Gasteiger partial charge on any atom is -0.369 e. The molecular formula is C23H16F2N6O. The van der Waals surface area contributed by atoms with E-state index in [0.29, 0.717) is 35.1 Å². The van der Waals surface area contributed by atoms with Gasteiger partial charge in [-0.3, -0.25) is 4.57 Å². The van der Waals surface area contributed by atoms with Crippen molar-refractivity contribution in [2.45, 2.75) is 19.8 Å². The molecule has 2 aromatic carbocycles. The summed E-state index contributed by atoms with van der Waals surface area (Å²) in [5, 5.41) is 18.2. The maximum Gasteiger partial charge on any atom is 0.166 e. The van der Waals surface area contributed by atoms with Gasteiger partial charge in [0.25, 0.3) is 0 Å². The van der Waals surface area contributed by atoms with Crippen LogP contribution in [-0.2, 0) is 24.5 Å². The second-order valence-electron chi connectivity index (χ2n) is 7.27. The van der Waals surface area contributed by atoms with Gasteiger partial charge in [-0.15, -0.1) is 10.2 Å². The average Bonchev–Trinajstić information content (AvgIpc) is 3.37. The first-order chi connectivity index (χ1) is 15.6. The predicted molar refractivity (Wildman–Crippen MR) is 111 cm³/mol. The van der Waals surface area contributed by atoms with Gasteiger partial charge in [0.05, 0.1) is 24.5 Å². The van der Waals surface area contributed by atoms with Gasteiger partial charge in [-0.25, -0.2) is 13.8 Å². The van der Waals surface area contributed by atoms with Crippen LogP contribution in [0.4, 0.5) is 8.78 Å². The zero-order valence-corrected chi connectivity index (χ0v) is 16.8. The largest absolute Gasteiger partial charge is 0.369 e. The number of hydrogen-bond acceptors (Lipinski definition) is 5. The van der Waals surface area contributed by atoms with Crippen molar-refractivity contribution in [3.63, 3.8) is 0 Å². The minimum absolute atomic E-state index is 0.0813. The van der Waals surface area contributed by atoms with Crippen molar-refractivity contribution in [1.29, 1.82) is 5.26 Å². The van der Waals surface area contributed by atoms with Gasteiger partial charge in [0.2, 0.25) is 0 Å². The van der Waals surface area contributed by atoms with E-state index in [2.05, 4.69) is 27.8 Å². The first kappa shape index (κ1) is 19.8. The summed E-state index contributed by atoms with van der Waals surface area (Å²) in [7, 11) is 0. The molecule has 1 aliphatic heterocycles. The minimum atomic E-state index is -0.922. The van der Waals surface area contributed by atoms with Gasteiger partial charge < -0.3 is 9.30 Å². The van der Waals surface area contributed by atoms with Gasteiger partial charge in [-0.05, 0) is 35.4 Å². The van der Waals surface area contributed by atoms with Gasteiger partial charge in [-0.1, -0.05) is 24.8 Å². The fourth-order valence-corrected chi connectivity index (χ4v) is 3.74. The standard InChI is InChI=1S/C23H16F2N6O/c1-2-14-4-6-20-16(7-14)23-29-28-22(12-32-11-15-3-5-17(24)18(25)8-15)30(23)10-21-19(9-26)27-13-31(20)21/h2-8,13H,1,10-12H2. The van der Waals surface area contributed by atoms with Crippen LogP contribution in [-0.4, -0.2) is 24.3 Å². The summed E-state index contributed by atoms with van der Waals surface area (Å²) < 4.78 is 36.0. The Morgan fingerprint density at radius 2 is 2.00 bits per heavy atom. The van der Waals surface area contributed by atoms with Crippen LogP contribution < -0.4 is 0 Å². The van der Waals surface area contributed by atoms with Crippen LogP contribution in [0.15, 0.2) is 49.3 Å². The van der Waals surface area contributed by atoms with Crippen LogP contribution in [0.25, 0.3) is 23.2 Å². The van der Waals surface area contributed by atoms with Crippen molar-refractivity contribution in [2.75, 3.05) is 0 Å². The normalized spacial score (nSPS) is 11.8. The lowest BCUT2D eigenvalue weighted by Crippen LogP contribution is -2.10. The lowest BCUT2D eigenvalue weighted by Gasteiger charge is -2.09. The third kappa shape index (κ3) is 3.27. The third-order valence-electron chi connectivity index (χ3n) is 5.35. The lowest BCUT2D eigenvalue weighted by molar-refractivity contribution is 0.0991. The summed E-state index contributed by atoms with van der Waals surface area (Å²) in [5.41, 5.74) is 4.10. The number of benzene rings is 2. The summed E-state index contributed by atoms with van der Waals surface area (Å²) >= 11 is 0. The Labute approximate surface area is 181 Å². The average molecular weight is 430 g/mol. The summed E-state index contributed by atoms with van der Waals surface area (Å²) in [6, 6.07) is 11.6. The van der Waals surface area contributed by atoms with Crippen molar-refractivity contribution < 1.29 is 13.5 Å². The molecule has 5 rings (SSSR count). The van der Waals surface area contributed by atoms with Gasteiger partial charge in [0.1, 0.15) is 19.0 Å². The molecule has 4 aromatic rings. The van der Waals surface area contributed by atoms with Gasteiger partial charge in [-0.2, -0.15) is 5.26 Å². The van der Waals surface area contributed by atoms with Crippen LogP contribution in [0.2, 0.25) is 0 Å². The Morgan fingerprint density at radius 3 is 2.78 bits per heavy atom. The molecule has 0 aliphatic carbocycles. The van der Waals surface area contributed by atoms with E-state index >= 15 is 0 Å². The summed E-state index contributed by atoms with van der Waals surface area (Å²) in [6.07, 6.45) is 3.37. The zero-order chi connectivity index (χ0) is 22.2. The maximum absolute atomic E-state index is 13.4. The summed E-state index contributed by atoms with van der Waals surface area (Å²) in [5.74, 6) is -0.660. The summed E-state index contributed by atoms with van der Waals surface area (Å²) in [6.45, 7) is 4.34. The van der Waals surface area contributed by atoms with E-state index in [-0.39, 0.29) is 13.2 Å². The van der Waals surface area contributed by atoms with Crippen molar-refractivity contribution >= 4 is 6.08 Å². The van der Waals surface area contributed by atoms with Crippen LogP contribution >= 0.6 is 0 Å². The molecule has 3 heterocycles. The first-order valence-corrected chi connectivity index (χ1v) is 9.76. The number of fused-ring (bicyclic) bond motifs is 5. The molecule has 0 bridgehead atoms. The SMILES string of the molecule is C=Cc1ccc2c(c1)-c1nnc(COCc3ccc(F)c(F)c3)n1Cc1c(C#N)ncn1-2. The number of aromatic nitrogens is 5. The fraction of sp³-hybridized carbons (Fsp3) is 0.130. The monoisotopic (exact) mass is 430 g/mol. The molecule has 2 aromatic heterocycles. The highest BCUT2D eigenvalue weighted by Crippen LogP contribution is 2.33. The second-order valence-corrected chi connectivity index (χ2v) is 7.27. The predicted octanol–water partition coefficient (Wildman–Crippen LogP) is 4.00. The Morgan fingerprint density at radius 1 is 1.12 bits per heavy atom. The van der Waals surface area contributed by atoms with Crippen molar-refractivity contribution in [3.8, 4) is 23.1 Å². The van der Waals surface area contributed by atoms with Crippen LogP contribution in [0.3, 0.4) is 0 Å². The molecule has 1 aliphatic rings. The molecule has 0 atom stereocenters. The maximum atomic E-state index is 13.4. The van der Waals surface area contributed by atoms with E-state index in [4.69, 9.17) is 4.74 Å². The molecule has 9 heteroatoms. The molecule has 0 radical (unpaired) electrons. The van der Waals surface area contributed by atoms with Crippen molar-refractivity contribution in [3.05, 3.63) is 89.3 Å². The molecule has 0 amide bonds. The van der Waals surface area contributed by atoms with E-state index in [1.54, 1.807) is 12.4 Å². The smallest absolute Gasteiger partial charge is 0.166 e. The van der Waals surface area contributed by atoms with Crippen molar-refractivity contribution in [2.24, 2.45) is 0 Å². The van der Waals surface area contributed by atoms with Crippen molar-refractivity contribution in [1.82, 2.24) is 24.3 Å². The number of hydrogen-bond donors (Lipinski definition) is 0. The molecule has 158 valence electrons. The highest BCUT2D eigenvalue weighted by molar-refractivity contribution is 5.73. The number of rotatable bonds is 5. The molecule has 7 nitrogen and oxygen atoms in total. The Kier molecular flexibility index (Phi) is 4.84. The highest BCUT2D eigenvalue weighted by Gasteiger charge is 2.26. The molecule has 0 unspecified atom stereocenters. The Balaban J connectivity index is 1.51. The number of imidazole rings is 1. The molecule has 0 fully saturated rings. The molecular weight excluding hydrogens is 414 g/mol. The third-order valence-corrected chi connectivity index (χ3v) is 5.35. The van der Waals surface area contributed by atoms with Gasteiger partial charge >= 0.3 is 0 Å². The number of nitrogens with zero attached hydrogens (tertiary/aromatic N) is 6. The van der Waals surface area contributed by atoms with E-state index in [0.717, 1.165) is 28.9 Å². The topological polar surface area (TPSA) is 81.6 Å². The van der Waals surface area contributed by atoms with Gasteiger partial charge in [0.15, 0.2) is 29.0 Å². The highest BCUT2D eigenvalue weighted by atomic mass is 19.2. The molecule has 0 saturated carbocycles. The van der Waals surface area contributed by atoms with Crippen LogP contribution in [0, 0.1) is 23.0 Å². The van der Waals surface area contributed by atoms with Gasteiger partial charge in [0, 0.05) is 5.56 Å². The Hall–Kier alpha value is -4.16. The van der Waals surface area contributed by atoms with E-state index < -0.39 is 11.6 Å². The Bertz CT molecular complexity index is 1400. The number of ether oxygens (including phenoxy) is 1. The van der Waals surface area contributed by atoms with E-state index in [1.807, 2.05) is 27.3 Å². The fourth-order valence-electron chi connectivity index (χ4n) is 3.74. The van der Waals surface area contributed by atoms with E-state index in [9.17, 15) is 14.0 Å². The summed E-state index contributed by atoms with van der Waals surface area (Å²) in [4.78, 5) is 4.23. The molecule has 32 heavy (non-hydrogen) atoms. The van der Waals surface area contributed by atoms with E-state index in [1.165, 1.54) is 6.07 Å². The zero-order valence-electron chi connectivity index (χ0n) is 16.8. The quantitative estimate of drug-likeness (QED) is 0.421. The number of nitriles is 1.